The van der Waals surface area contributed by atoms with Crippen LogP contribution in [0.1, 0.15) is 26.3 Å². The van der Waals surface area contributed by atoms with Crippen molar-refractivity contribution in [3.63, 3.8) is 0 Å². The molecule has 0 aromatic heterocycles. The SMILES string of the molecule is CC(C)(C)C(=O)NS(=O)(=O)c1ccc(OCc2ccccc2)cc1. The van der Waals surface area contributed by atoms with Crippen LogP contribution >= 0.6 is 0 Å². The molecule has 0 fully saturated rings. The van der Waals surface area contributed by atoms with Gasteiger partial charge in [-0.1, -0.05) is 51.1 Å². The normalized spacial score (nSPS) is 11.8. The Kier molecular flexibility index (Phi) is 5.29. The second kappa shape index (κ2) is 7.05. The summed E-state index contributed by atoms with van der Waals surface area (Å²) < 4.78 is 32.1. The molecule has 0 heterocycles. The van der Waals surface area contributed by atoms with Crippen LogP contribution in [-0.4, -0.2) is 14.3 Å². The highest BCUT2D eigenvalue weighted by Crippen LogP contribution is 2.19. The van der Waals surface area contributed by atoms with Crippen molar-refractivity contribution in [3.8, 4) is 5.75 Å². The Labute approximate surface area is 142 Å². The van der Waals surface area contributed by atoms with Gasteiger partial charge in [0.1, 0.15) is 12.4 Å². The summed E-state index contributed by atoms with van der Waals surface area (Å²) in [6, 6.07) is 15.6. The molecule has 0 spiro atoms. The van der Waals surface area contributed by atoms with E-state index in [2.05, 4.69) is 4.72 Å². The van der Waals surface area contributed by atoms with Gasteiger partial charge in [0.15, 0.2) is 0 Å². The maximum absolute atomic E-state index is 12.2. The molecule has 128 valence electrons. The Morgan fingerprint density at radius 3 is 2.12 bits per heavy atom. The fourth-order valence-corrected chi connectivity index (χ4v) is 2.95. The Morgan fingerprint density at radius 2 is 1.58 bits per heavy atom. The molecule has 24 heavy (non-hydrogen) atoms. The summed E-state index contributed by atoms with van der Waals surface area (Å²) in [6.45, 7) is 5.35. The molecule has 2 aromatic carbocycles. The smallest absolute Gasteiger partial charge is 0.264 e. The first-order valence-electron chi connectivity index (χ1n) is 7.52. The average Bonchev–Trinajstić information content (AvgIpc) is 2.53. The molecule has 2 aromatic rings. The van der Waals surface area contributed by atoms with Crippen molar-refractivity contribution in [2.24, 2.45) is 5.41 Å². The fourth-order valence-electron chi connectivity index (χ4n) is 1.79. The second-order valence-corrected chi connectivity index (χ2v) is 8.11. The third kappa shape index (κ3) is 4.83. The van der Waals surface area contributed by atoms with E-state index in [1.54, 1.807) is 32.9 Å². The molecular weight excluding hydrogens is 326 g/mol. The average molecular weight is 347 g/mol. The monoisotopic (exact) mass is 347 g/mol. The topological polar surface area (TPSA) is 72.5 Å². The van der Waals surface area contributed by atoms with Gasteiger partial charge in [0.25, 0.3) is 10.0 Å². The Morgan fingerprint density at radius 1 is 1.00 bits per heavy atom. The highest BCUT2D eigenvalue weighted by atomic mass is 32.2. The van der Waals surface area contributed by atoms with Gasteiger partial charge in [-0.3, -0.25) is 4.79 Å². The molecule has 0 saturated carbocycles. The summed E-state index contributed by atoms with van der Waals surface area (Å²) in [5, 5.41) is 0. The molecule has 1 N–H and O–H groups in total. The van der Waals surface area contributed by atoms with Crippen LogP contribution in [0.5, 0.6) is 5.75 Å². The van der Waals surface area contributed by atoms with Crippen LogP contribution in [0, 0.1) is 5.41 Å². The van der Waals surface area contributed by atoms with Gasteiger partial charge in [0, 0.05) is 5.41 Å². The van der Waals surface area contributed by atoms with Crippen molar-refractivity contribution in [2.75, 3.05) is 0 Å². The first-order chi connectivity index (χ1) is 11.2. The largest absolute Gasteiger partial charge is 0.489 e. The predicted octanol–water partition coefficient (Wildman–Crippen LogP) is 3.12. The van der Waals surface area contributed by atoms with Gasteiger partial charge >= 0.3 is 0 Å². The first-order valence-corrected chi connectivity index (χ1v) is 9.01. The van der Waals surface area contributed by atoms with Crippen molar-refractivity contribution in [1.29, 1.82) is 0 Å². The zero-order valence-electron chi connectivity index (χ0n) is 13.9. The molecule has 5 nitrogen and oxygen atoms in total. The minimum Gasteiger partial charge on any atom is -0.489 e. The molecule has 0 bridgehead atoms. The van der Waals surface area contributed by atoms with E-state index in [-0.39, 0.29) is 4.90 Å². The van der Waals surface area contributed by atoms with Crippen molar-refractivity contribution in [1.82, 2.24) is 4.72 Å². The molecule has 0 atom stereocenters. The van der Waals surface area contributed by atoms with E-state index in [1.165, 1.54) is 12.1 Å². The number of rotatable bonds is 5. The van der Waals surface area contributed by atoms with Gasteiger partial charge < -0.3 is 4.74 Å². The number of nitrogens with one attached hydrogen (secondary N) is 1. The van der Waals surface area contributed by atoms with E-state index in [4.69, 9.17) is 4.74 Å². The standard InChI is InChI=1S/C18H21NO4S/c1-18(2,3)17(20)19-24(21,22)16-11-9-15(10-12-16)23-13-14-7-5-4-6-8-14/h4-12H,13H2,1-3H3,(H,19,20). The van der Waals surface area contributed by atoms with Crippen LogP contribution in [0.4, 0.5) is 0 Å². The van der Waals surface area contributed by atoms with Crippen molar-refractivity contribution < 1.29 is 17.9 Å². The summed E-state index contributed by atoms with van der Waals surface area (Å²) in [6.07, 6.45) is 0. The van der Waals surface area contributed by atoms with E-state index in [0.29, 0.717) is 12.4 Å². The van der Waals surface area contributed by atoms with E-state index in [0.717, 1.165) is 5.56 Å². The van der Waals surface area contributed by atoms with Crippen molar-refractivity contribution in [3.05, 3.63) is 60.2 Å². The lowest BCUT2D eigenvalue weighted by Gasteiger charge is -2.17. The Balaban J connectivity index is 2.04. The van der Waals surface area contributed by atoms with Crippen LogP contribution in [0.2, 0.25) is 0 Å². The molecule has 0 saturated heterocycles. The lowest BCUT2D eigenvalue weighted by Crippen LogP contribution is -2.38. The van der Waals surface area contributed by atoms with E-state index in [1.807, 2.05) is 30.3 Å². The van der Waals surface area contributed by atoms with Gasteiger partial charge in [-0.2, -0.15) is 0 Å². The van der Waals surface area contributed by atoms with Gasteiger partial charge in [0.05, 0.1) is 4.90 Å². The number of sulfonamides is 1. The van der Waals surface area contributed by atoms with E-state index >= 15 is 0 Å². The summed E-state index contributed by atoms with van der Waals surface area (Å²) in [4.78, 5) is 11.9. The van der Waals surface area contributed by atoms with Crippen molar-refractivity contribution in [2.45, 2.75) is 32.3 Å². The lowest BCUT2D eigenvalue weighted by atomic mass is 9.96. The molecule has 0 aliphatic rings. The summed E-state index contributed by atoms with van der Waals surface area (Å²) in [5.41, 5.74) is 0.234. The lowest BCUT2D eigenvalue weighted by molar-refractivity contribution is -0.126. The van der Waals surface area contributed by atoms with Gasteiger partial charge in [0.2, 0.25) is 5.91 Å². The zero-order valence-corrected chi connectivity index (χ0v) is 14.8. The minimum atomic E-state index is -3.88. The van der Waals surface area contributed by atoms with Crippen molar-refractivity contribution >= 4 is 15.9 Å². The number of hydrogen-bond acceptors (Lipinski definition) is 4. The van der Waals surface area contributed by atoms with Crippen LogP contribution in [-0.2, 0) is 21.4 Å². The van der Waals surface area contributed by atoms with Gasteiger partial charge in [-0.05, 0) is 29.8 Å². The molecule has 6 heteroatoms. The van der Waals surface area contributed by atoms with Crippen LogP contribution in [0.15, 0.2) is 59.5 Å². The first kappa shape index (κ1) is 18.0. The second-order valence-electron chi connectivity index (χ2n) is 6.43. The number of benzene rings is 2. The summed E-state index contributed by atoms with van der Waals surface area (Å²) in [7, 11) is -3.88. The zero-order chi connectivity index (χ0) is 17.8. The van der Waals surface area contributed by atoms with E-state index in [9.17, 15) is 13.2 Å². The highest BCUT2D eigenvalue weighted by Gasteiger charge is 2.26. The molecule has 0 radical (unpaired) electrons. The molecule has 1 amide bonds. The quantitative estimate of drug-likeness (QED) is 0.902. The molecule has 0 aliphatic carbocycles. The maximum atomic E-state index is 12.2. The number of hydrogen-bond donors (Lipinski definition) is 1. The molecule has 2 rings (SSSR count). The van der Waals surface area contributed by atoms with E-state index < -0.39 is 21.3 Å². The fraction of sp³-hybridized carbons (Fsp3) is 0.278. The highest BCUT2D eigenvalue weighted by molar-refractivity contribution is 7.90. The molecule has 0 aliphatic heterocycles. The number of carbonyl (C=O) groups excluding carboxylic acids is 1. The summed E-state index contributed by atoms with van der Waals surface area (Å²) in [5.74, 6) is 0.00635. The third-order valence-corrected chi connectivity index (χ3v) is 4.64. The number of ether oxygens (including phenoxy) is 1. The number of amides is 1. The van der Waals surface area contributed by atoms with Crippen LogP contribution < -0.4 is 9.46 Å². The van der Waals surface area contributed by atoms with Gasteiger partial charge in [-0.15, -0.1) is 0 Å². The van der Waals surface area contributed by atoms with Gasteiger partial charge in [-0.25, -0.2) is 13.1 Å². The van der Waals surface area contributed by atoms with Crippen LogP contribution in [0.3, 0.4) is 0 Å². The molecular formula is C18H21NO4S. The molecule has 0 unspecified atom stereocenters. The van der Waals surface area contributed by atoms with Crippen LogP contribution in [0.25, 0.3) is 0 Å². The third-order valence-electron chi connectivity index (χ3n) is 3.29. The number of carbonyl (C=O) groups is 1. The predicted molar refractivity (Wildman–Crippen MR) is 92.0 cm³/mol. The Hall–Kier alpha value is -2.34. The maximum Gasteiger partial charge on any atom is 0.264 e. The Bertz CT molecular complexity index is 791. The minimum absolute atomic E-state index is 0.0205. The summed E-state index contributed by atoms with van der Waals surface area (Å²) >= 11 is 0.